The van der Waals surface area contributed by atoms with Gasteiger partial charge in [-0.05, 0) is 49.3 Å². The first-order chi connectivity index (χ1) is 13.9. The summed E-state index contributed by atoms with van der Waals surface area (Å²) in [6.45, 7) is 3.08. The maximum absolute atomic E-state index is 13.4. The summed E-state index contributed by atoms with van der Waals surface area (Å²) in [6.07, 6.45) is 4.26. The first-order valence-electron chi connectivity index (χ1n) is 10.2. The minimum Gasteiger partial charge on any atom is -0.268 e. The van der Waals surface area contributed by atoms with Crippen molar-refractivity contribution in [3.63, 3.8) is 0 Å². The smallest absolute Gasteiger partial charge is 0.268 e. The number of thioether (sulfide) groups is 1. The Balaban J connectivity index is 1.87. The predicted molar refractivity (Wildman–Crippen MR) is 117 cm³/mol. The van der Waals surface area contributed by atoms with Crippen LogP contribution in [0.2, 0.25) is 0 Å². The lowest BCUT2D eigenvalue weighted by Crippen LogP contribution is -2.38. The zero-order chi connectivity index (χ0) is 20.6. The van der Waals surface area contributed by atoms with Crippen molar-refractivity contribution < 1.29 is 8.42 Å². The fourth-order valence-electron chi connectivity index (χ4n) is 4.25. The van der Waals surface area contributed by atoms with Crippen LogP contribution >= 0.6 is 11.8 Å². The molecule has 0 N–H and O–H groups in total. The zero-order valence-electron chi connectivity index (χ0n) is 17.0. The van der Waals surface area contributed by atoms with Gasteiger partial charge in [-0.15, -0.1) is 0 Å². The van der Waals surface area contributed by atoms with Gasteiger partial charge in [0.2, 0.25) is 10.0 Å². The van der Waals surface area contributed by atoms with E-state index in [0.717, 1.165) is 65.1 Å². The molecule has 1 aliphatic carbocycles. The van der Waals surface area contributed by atoms with E-state index in [4.69, 9.17) is 0 Å². The Morgan fingerprint density at radius 1 is 1.10 bits per heavy atom. The van der Waals surface area contributed by atoms with Gasteiger partial charge in [0.25, 0.3) is 5.56 Å². The molecule has 29 heavy (non-hydrogen) atoms. The van der Waals surface area contributed by atoms with Crippen molar-refractivity contribution in [3.8, 4) is 11.3 Å². The summed E-state index contributed by atoms with van der Waals surface area (Å²) < 4.78 is 29.8. The average Bonchev–Trinajstić information content (AvgIpc) is 2.76. The fraction of sp³-hybridized carbons (Fsp3) is 0.524. The minimum absolute atomic E-state index is 0.0349. The van der Waals surface area contributed by atoms with Crippen LogP contribution in [-0.4, -0.2) is 47.1 Å². The molecule has 0 saturated carbocycles. The van der Waals surface area contributed by atoms with Crippen LogP contribution in [-0.2, 0) is 36.3 Å². The molecule has 0 amide bonds. The third-order valence-corrected chi connectivity index (χ3v) is 8.79. The number of hydrogen-bond acceptors (Lipinski definition) is 5. The highest BCUT2D eigenvalue weighted by molar-refractivity contribution is 7.99. The van der Waals surface area contributed by atoms with Crippen molar-refractivity contribution >= 4 is 21.8 Å². The van der Waals surface area contributed by atoms with Crippen LogP contribution in [0.1, 0.15) is 36.5 Å². The molecule has 1 saturated heterocycles. The number of nitrogens with zero attached hydrogens (tertiary/aromatic N) is 3. The van der Waals surface area contributed by atoms with E-state index in [1.54, 1.807) is 29.2 Å². The molecule has 1 aliphatic heterocycles. The van der Waals surface area contributed by atoms with Crippen molar-refractivity contribution in [2.45, 2.75) is 43.9 Å². The molecule has 0 spiro atoms. The molecule has 2 aliphatic rings. The standard InChI is InChI=1S/C21H27N3O3S2/c1-3-15-8-9-16(14-19(15)29(26,27)24-10-12-28-13-11-24)20-17-6-4-5-7-18(17)21(25)23(2)22-20/h8-9,14H,3-7,10-13H2,1-2H3. The van der Waals surface area contributed by atoms with Crippen LogP contribution in [0, 0.1) is 0 Å². The highest BCUT2D eigenvalue weighted by Gasteiger charge is 2.29. The molecule has 0 bridgehead atoms. The molecule has 2 aromatic rings. The topological polar surface area (TPSA) is 72.3 Å². The number of hydrogen-bond donors (Lipinski definition) is 0. The van der Waals surface area contributed by atoms with Crippen LogP contribution in [0.3, 0.4) is 0 Å². The van der Waals surface area contributed by atoms with E-state index in [9.17, 15) is 13.2 Å². The van der Waals surface area contributed by atoms with E-state index in [1.807, 2.05) is 19.1 Å². The van der Waals surface area contributed by atoms with Crippen LogP contribution in [0.5, 0.6) is 0 Å². The summed E-state index contributed by atoms with van der Waals surface area (Å²) in [7, 11) is -1.88. The number of aryl methyl sites for hydroxylation is 2. The van der Waals surface area contributed by atoms with Gasteiger partial charge in [0, 0.05) is 42.8 Å². The Kier molecular flexibility index (Phi) is 5.86. The normalized spacial score (nSPS) is 17.9. The highest BCUT2D eigenvalue weighted by atomic mass is 32.2. The molecule has 0 radical (unpaired) electrons. The van der Waals surface area contributed by atoms with Gasteiger partial charge < -0.3 is 0 Å². The van der Waals surface area contributed by atoms with Gasteiger partial charge in [0.15, 0.2) is 0 Å². The Hall–Kier alpha value is -1.64. The van der Waals surface area contributed by atoms with Gasteiger partial charge >= 0.3 is 0 Å². The quantitative estimate of drug-likeness (QED) is 0.741. The van der Waals surface area contributed by atoms with E-state index < -0.39 is 10.0 Å². The molecule has 156 valence electrons. The van der Waals surface area contributed by atoms with Gasteiger partial charge in [-0.3, -0.25) is 4.79 Å². The maximum Gasteiger partial charge on any atom is 0.269 e. The second-order valence-corrected chi connectivity index (χ2v) is 10.8. The number of rotatable bonds is 4. The lowest BCUT2D eigenvalue weighted by Gasteiger charge is -2.27. The second kappa shape index (κ2) is 8.24. The monoisotopic (exact) mass is 433 g/mol. The Bertz CT molecular complexity index is 1090. The SMILES string of the molecule is CCc1ccc(-c2nn(C)c(=O)c3c2CCCC3)cc1S(=O)(=O)N1CCSCC1. The molecule has 8 heteroatoms. The van der Waals surface area contributed by atoms with Crippen LogP contribution in [0.4, 0.5) is 0 Å². The van der Waals surface area contributed by atoms with Crippen molar-refractivity contribution in [2.24, 2.45) is 7.05 Å². The zero-order valence-corrected chi connectivity index (χ0v) is 18.6. The molecule has 1 aromatic heterocycles. The van der Waals surface area contributed by atoms with Gasteiger partial charge in [0.1, 0.15) is 0 Å². The van der Waals surface area contributed by atoms with E-state index in [0.29, 0.717) is 24.4 Å². The number of aromatic nitrogens is 2. The summed E-state index contributed by atoms with van der Waals surface area (Å²) in [5, 5.41) is 4.54. The van der Waals surface area contributed by atoms with Crippen molar-refractivity contribution in [2.75, 3.05) is 24.6 Å². The highest BCUT2D eigenvalue weighted by Crippen LogP contribution is 2.32. The van der Waals surface area contributed by atoms with Crippen molar-refractivity contribution in [3.05, 3.63) is 45.2 Å². The lowest BCUT2D eigenvalue weighted by molar-refractivity contribution is 0.443. The van der Waals surface area contributed by atoms with Crippen LogP contribution in [0.25, 0.3) is 11.3 Å². The number of fused-ring (bicyclic) bond motifs is 1. The third-order valence-electron chi connectivity index (χ3n) is 5.87. The fourth-order valence-corrected chi connectivity index (χ4v) is 7.14. The maximum atomic E-state index is 13.4. The van der Waals surface area contributed by atoms with E-state index in [1.165, 1.54) is 4.68 Å². The minimum atomic E-state index is -3.55. The Labute approximate surface area is 176 Å². The second-order valence-electron chi connectivity index (χ2n) is 7.63. The number of benzene rings is 1. The first-order valence-corrected chi connectivity index (χ1v) is 12.8. The summed E-state index contributed by atoms with van der Waals surface area (Å²) >= 11 is 1.79. The molecule has 2 heterocycles. The third kappa shape index (κ3) is 3.78. The van der Waals surface area contributed by atoms with Crippen molar-refractivity contribution in [1.29, 1.82) is 0 Å². The molecule has 1 aromatic carbocycles. The van der Waals surface area contributed by atoms with Crippen LogP contribution in [0.15, 0.2) is 27.9 Å². The molecule has 6 nitrogen and oxygen atoms in total. The largest absolute Gasteiger partial charge is 0.269 e. The first kappa shape index (κ1) is 20.6. The summed E-state index contributed by atoms with van der Waals surface area (Å²) in [4.78, 5) is 12.9. The molecular formula is C21H27N3O3S2. The molecular weight excluding hydrogens is 406 g/mol. The molecule has 0 unspecified atom stereocenters. The van der Waals surface area contributed by atoms with E-state index in [-0.39, 0.29) is 5.56 Å². The van der Waals surface area contributed by atoms with Gasteiger partial charge in [-0.25, -0.2) is 13.1 Å². The van der Waals surface area contributed by atoms with Gasteiger partial charge in [-0.2, -0.15) is 21.2 Å². The van der Waals surface area contributed by atoms with Gasteiger partial charge in [-0.1, -0.05) is 19.1 Å². The van der Waals surface area contributed by atoms with Crippen molar-refractivity contribution in [1.82, 2.24) is 14.1 Å². The van der Waals surface area contributed by atoms with E-state index in [2.05, 4.69) is 5.10 Å². The predicted octanol–water partition coefficient (Wildman–Crippen LogP) is 2.63. The Morgan fingerprint density at radius 2 is 1.79 bits per heavy atom. The summed E-state index contributed by atoms with van der Waals surface area (Å²) in [5.41, 5.74) is 4.14. The average molecular weight is 434 g/mol. The van der Waals surface area contributed by atoms with Gasteiger partial charge in [0.05, 0.1) is 10.6 Å². The number of sulfonamides is 1. The lowest BCUT2D eigenvalue weighted by atomic mass is 9.89. The summed E-state index contributed by atoms with van der Waals surface area (Å²) in [5.74, 6) is 1.66. The summed E-state index contributed by atoms with van der Waals surface area (Å²) in [6, 6.07) is 5.63. The molecule has 1 fully saturated rings. The van der Waals surface area contributed by atoms with Crippen LogP contribution < -0.4 is 5.56 Å². The Morgan fingerprint density at radius 3 is 2.48 bits per heavy atom. The molecule has 4 rings (SSSR count). The van der Waals surface area contributed by atoms with E-state index >= 15 is 0 Å². The molecule has 0 atom stereocenters.